The summed E-state index contributed by atoms with van der Waals surface area (Å²) in [5.41, 5.74) is 0.595. The number of rotatable bonds is 2. The summed E-state index contributed by atoms with van der Waals surface area (Å²) in [5, 5.41) is 3.78. The van der Waals surface area contributed by atoms with E-state index < -0.39 is 5.82 Å². The lowest BCUT2D eigenvalue weighted by Gasteiger charge is -2.09. The zero-order valence-corrected chi connectivity index (χ0v) is 11.5. The van der Waals surface area contributed by atoms with Crippen LogP contribution in [0.4, 0.5) is 10.2 Å². The molecule has 0 bridgehead atoms. The van der Waals surface area contributed by atoms with E-state index in [1.165, 1.54) is 18.2 Å². The van der Waals surface area contributed by atoms with Gasteiger partial charge in [0.1, 0.15) is 11.6 Å². The smallest absolute Gasteiger partial charge is 0.145 e. The minimum absolute atomic E-state index is 0.276. The second-order valence-electron chi connectivity index (χ2n) is 3.52. The fourth-order valence-electron chi connectivity index (χ4n) is 1.51. The number of pyridine rings is 1. The lowest BCUT2D eigenvalue weighted by Crippen LogP contribution is -1.97. The first-order valence-electron chi connectivity index (χ1n) is 5.02. The summed E-state index contributed by atoms with van der Waals surface area (Å²) in [4.78, 5) is 4.19. The second-order valence-corrected chi connectivity index (χ2v) is 4.77. The van der Waals surface area contributed by atoms with E-state index in [2.05, 4.69) is 10.3 Å². The Morgan fingerprint density at radius 1 is 1.11 bits per heavy atom. The molecule has 2 nitrogen and oxygen atoms in total. The van der Waals surface area contributed by atoms with Gasteiger partial charge in [-0.25, -0.2) is 9.37 Å². The quantitative estimate of drug-likeness (QED) is 0.854. The first-order chi connectivity index (χ1) is 8.52. The summed E-state index contributed by atoms with van der Waals surface area (Å²) in [6.45, 7) is 0. The molecule has 0 spiro atoms. The van der Waals surface area contributed by atoms with E-state index in [1.807, 2.05) is 0 Å². The number of hydrogen-bond acceptors (Lipinski definition) is 2. The minimum Gasteiger partial charge on any atom is -0.372 e. The van der Waals surface area contributed by atoms with Crippen LogP contribution in [0.5, 0.6) is 0 Å². The molecule has 0 fully saturated rings. The summed E-state index contributed by atoms with van der Waals surface area (Å²) in [6.07, 6.45) is 0. The van der Waals surface area contributed by atoms with Crippen molar-refractivity contribution in [3.05, 3.63) is 45.2 Å². The molecular formula is C12H8Cl3FN2. The van der Waals surface area contributed by atoms with Gasteiger partial charge in [-0.3, -0.25) is 0 Å². The van der Waals surface area contributed by atoms with Crippen LogP contribution in [-0.2, 0) is 0 Å². The largest absolute Gasteiger partial charge is 0.372 e. The molecule has 0 amide bonds. The van der Waals surface area contributed by atoms with Crippen LogP contribution < -0.4 is 5.32 Å². The van der Waals surface area contributed by atoms with Crippen molar-refractivity contribution in [2.24, 2.45) is 0 Å². The molecule has 2 aromatic rings. The summed E-state index contributed by atoms with van der Waals surface area (Å²) >= 11 is 17.7. The Hall–Kier alpha value is -1.03. The highest BCUT2D eigenvalue weighted by atomic mass is 35.5. The molecule has 18 heavy (non-hydrogen) atoms. The van der Waals surface area contributed by atoms with E-state index in [1.54, 1.807) is 13.1 Å². The van der Waals surface area contributed by atoms with E-state index in [0.717, 1.165) is 0 Å². The van der Waals surface area contributed by atoms with Crippen LogP contribution in [0.3, 0.4) is 0 Å². The van der Waals surface area contributed by atoms with Crippen LogP contribution in [-0.4, -0.2) is 12.0 Å². The number of hydrogen-bond donors (Lipinski definition) is 1. The van der Waals surface area contributed by atoms with Gasteiger partial charge in [-0.05, 0) is 24.3 Å². The van der Waals surface area contributed by atoms with Crippen LogP contribution in [0.25, 0.3) is 11.3 Å². The third-order valence-electron chi connectivity index (χ3n) is 2.35. The average molecular weight is 306 g/mol. The van der Waals surface area contributed by atoms with Crippen molar-refractivity contribution >= 4 is 40.6 Å². The zero-order valence-electron chi connectivity index (χ0n) is 9.27. The van der Waals surface area contributed by atoms with Crippen LogP contribution in [0.15, 0.2) is 24.3 Å². The predicted molar refractivity (Wildman–Crippen MR) is 74.2 cm³/mol. The standard InChI is InChI=1S/C12H8Cl3FN2/c1-17-12-9(15)5-8(14)11(18-12)7-3-2-6(13)4-10(7)16/h2-5H,1H3,(H,17,18). The van der Waals surface area contributed by atoms with Crippen LogP contribution in [0.2, 0.25) is 15.1 Å². The van der Waals surface area contributed by atoms with Crippen molar-refractivity contribution in [3.63, 3.8) is 0 Å². The van der Waals surface area contributed by atoms with Gasteiger partial charge in [-0.15, -0.1) is 0 Å². The SMILES string of the molecule is CNc1nc(-c2ccc(Cl)cc2F)c(Cl)cc1Cl. The molecule has 0 aliphatic heterocycles. The monoisotopic (exact) mass is 304 g/mol. The molecular weight excluding hydrogens is 298 g/mol. The van der Waals surface area contributed by atoms with E-state index in [9.17, 15) is 4.39 Å². The van der Waals surface area contributed by atoms with Crippen LogP contribution >= 0.6 is 34.8 Å². The minimum atomic E-state index is -0.485. The number of nitrogens with one attached hydrogen (secondary N) is 1. The number of aromatic nitrogens is 1. The maximum Gasteiger partial charge on any atom is 0.145 e. The summed E-state index contributed by atoms with van der Waals surface area (Å²) < 4.78 is 13.8. The lowest BCUT2D eigenvalue weighted by atomic mass is 10.1. The molecule has 0 aliphatic carbocycles. The molecule has 2 rings (SSSR count). The first-order valence-corrected chi connectivity index (χ1v) is 6.15. The molecule has 0 atom stereocenters. The fraction of sp³-hybridized carbons (Fsp3) is 0.0833. The molecule has 1 aromatic heterocycles. The van der Waals surface area contributed by atoms with E-state index in [0.29, 0.717) is 21.6 Å². The van der Waals surface area contributed by atoms with Crippen LogP contribution in [0, 0.1) is 5.82 Å². The zero-order chi connectivity index (χ0) is 13.3. The molecule has 1 aromatic carbocycles. The topological polar surface area (TPSA) is 24.9 Å². The highest BCUT2D eigenvalue weighted by molar-refractivity contribution is 6.37. The number of nitrogens with zero attached hydrogens (tertiary/aromatic N) is 1. The summed E-state index contributed by atoms with van der Waals surface area (Å²) in [6, 6.07) is 5.83. The van der Waals surface area contributed by atoms with E-state index >= 15 is 0 Å². The van der Waals surface area contributed by atoms with Gasteiger partial charge in [-0.1, -0.05) is 34.8 Å². The third kappa shape index (κ3) is 2.53. The Morgan fingerprint density at radius 2 is 1.83 bits per heavy atom. The van der Waals surface area contributed by atoms with Gasteiger partial charge in [0.05, 0.1) is 15.7 Å². The van der Waals surface area contributed by atoms with E-state index in [-0.39, 0.29) is 10.6 Å². The van der Waals surface area contributed by atoms with Gasteiger partial charge >= 0.3 is 0 Å². The van der Waals surface area contributed by atoms with Gasteiger partial charge in [0.2, 0.25) is 0 Å². The molecule has 94 valence electrons. The first kappa shape index (κ1) is 13.4. The predicted octanol–water partition coefficient (Wildman–Crippen LogP) is 4.89. The summed E-state index contributed by atoms with van der Waals surface area (Å²) in [5.74, 6) is -0.0494. The van der Waals surface area contributed by atoms with Gasteiger partial charge in [0.25, 0.3) is 0 Å². The number of benzene rings is 1. The van der Waals surface area contributed by atoms with Crippen LogP contribution in [0.1, 0.15) is 0 Å². The van der Waals surface area contributed by atoms with Crippen molar-refractivity contribution in [2.45, 2.75) is 0 Å². The van der Waals surface area contributed by atoms with Gasteiger partial charge in [0.15, 0.2) is 0 Å². The highest BCUT2D eigenvalue weighted by Gasteiger charge is 2.14. The number of halogens is 4. The normalized spacial score (nSPS) is 10.5. The summed E-state index contributed by atoms with van der Waals surface area (Å²) in [7, 11) is 1.67. The molecule has 0 radical (unpaired) electrons. The van der Waals surface area contributed by atoms with Gasteiger partial charge in [0, 0.05) is 17.6 Å². The van der Waals surface area contributed by atoms with Crippen molar-refractivity contribution in [1.29, 1.82) is 0 Å². The van der Waals surface area contributed by atoms with Gasteiger partial charge in [-0.2, -0.15) is 0 Å². The molecule has 1 N–H and O–H groups in total. The maximum atomic E-state index is 13.8. The van der Waals surface area contributed by atoms with Crippen molar-refractivity contribution in [1.82, 2.24) is 4.98 Å². The molecule has 6 heteroatoms. The lowest BCUT2D eigenvalue weighted by molar-refractivity contribution is 0.631. The second kappa shape index (κ2) is 5.31. The Balaban J connectivity index is 2.63. The third-order valence-corrected chi connectivity index (χ3v) is 3.16. The Morgan fingerprint density at radius 3 is 2.44 bits per heavy atom. The molecule has 0 unspecified atom stereocenters. The molecule has 1 heterocycles. The van der Waals surface area contributed by atoms with Crippen molar-refractivity contribution in [2.75, 3.05) is 12.4 Å². The maximum absolute atomic E-state index is 13.8. The van der Waals surface area contributed by atoms with E-state index in [4.69, 9.17) is 34.8 Å². The molecule has 0 saturated carbocycles. The highest BCUT2D eigenvalue weighted by Crippen LogP contribution is 2.34. The fourth-order valence-corrected chi connectivity index (χ4v) is 2.23. The molecule has 0 saturated heterocycles. The van der Waals surface area contributed by atoms with Gasteiger partial charge < -0.3 is 5.32 Å². The number of anilines is 1. The Labute approximate surface area is 119 Å². The molecule has 0 aliphatic rings. The van der Waals surface area contributed by atoms with Crippen molar-refractivity contribution < 1.29 is 4.39 Å². The Bertz CT molecular complexity index is 602. The van der Waals surface area contributed by atoms with Crippen molar-refractivity contribution in [3.8, 4) is 11.3 Å². The Kier molecular flexibility index (Phi) is 3.95. The average Bonchev–Trinajstić information content (AvgIpc) is 2.30.